The molecule has 22 heavy (non-hydrogen) atoms. The number of rotatable bonds is 6. The van der Waals surface area contributed by atoms with Crippen LogP contribution < -0.4 is 10.2 Å². The summed E-state index contributed by atoms with van der Waals surface area (Å²) >= 11 is 3.53. The standard InChI is InChI=1S/C17H19BrN2O2/c1-3-6-12(2)19-20-16(21)11-22-15-10-9-13-7-4-5-8-14(13)17(15)18/h4-5,7-10H,3,6,11H2,1-2H3,(H,20,21)/b19-12+. The first-order valence-electron chi connectivity index (χ1n) is 7.24. The van der Waals surface area contributed by atoms with E-state index in [0.29, 0.717) is 5.75 Å². The van der Waals surface area contributed by atoms with Gasteiger partial charge in [-0.25, -0.2) is 5.43 Å². The molecular formula is C17H19BrN2O2. The maximum atomic E-state index is 11.7. The van der Waals surface area contributed by atoms with Crippen molar-refractivity contribution in [1.29, 1.82) is 0 Å². The number of nitrogens with zero attached hydrogens (tertiary/aromatic N) is 1. The lowest BCUT2D eigenvalue weighted by atomic mass is 10.1. The quantitative estimate of drug-likeness (QED) is 0.615. The Bertz CT molecular complexity index is 698. The third kappa shape index (κ3) is 4.31. The number of benzene rings is 2. The highest BCUT2D eigenvalue weighted by Crippen LogP contribution is 2.32. The molecule has 0 radical (unpaired) electrons. The second kappa shape index (κ2) is 7.94. The molecule has 1 N–H and O–H groups in total. The van der Waals surface area contributed by atoms with Crippen LogP contribution in [0.25, 0.3) is 10.8 Å². The van der Waals surface area contributed by atoms with Crippen LogP contribution in [0.5, 0.6) is 5.75 Å². The molecule has 0 heterocycles. The van der Waals surface area contributed by atoms with Crippen LogP contribution >= 0.6 is 15.9 Å². The number of ether oxygens (including phenoxy) is 1. The summed E-state index contributed by atoms with van der Waals surface area (Å²) in [5, 5.41) is 6.19. The van der Waals surface area contributed by atoms with E-state index in [4.69, 9.17) is 4.74 Å². The van der Waals surface area contributed by atoms with Crippen molar-refractivity contribution in [2.75, 3.05) is 6.61 Å². The second-order valence-electron chi connectivity index (χ2n) is 5.02. The van der Waals surface area contributed by atoms with Gasteiger partial charge in [0.1, 0.15) is 5.75 Å². The lowest BCUT2D eigenvalue weighted by molar-refractivity contribution is -0.123. The van der Waals surface area contributed by atoms with E-state index < -0.39 is 0 Å². The topological polar surface area (TPSA) is 50.7 Å². The Labute approximate surface area is 138 Å². The first-order valence-corrected chi connectivity index (χ1v) is 8.03. The van der Waals surface area contributed by atoms with E-state index in [1.165, 1.54) is 0 Å². The summed E-state index contributed by atoms with van der Waals surface area (Å²) in [5.74, 6) is 0.374. The minimum Gasteiger partial charge on any atom is -0.483 e. The van der Waals surface area contributed by atoms with Crippen molar-refractivity contribution < 1.29 is 9.53 Å². The summed E-state index contributed by atoms with van der Waals surface area (Å²) in [6.45, 7) is 3.89. The van der Waals surface area contributed by atoms with Crippen LogP contribution in [0.4, 0.5) is 0 Å². The molecule has 4 nitrogen and oxygen atoms in total. The molecule has 116 valence electrons. The van der Waals surface area contributed by atoms with Crippen molar-refractivity contribution in [3.63, 3.8) is 0 Å². The molecule has 2 aromatic carbocycles. The van der Waals surface area contributed by atoms with E-state index in [1.54, 1.807) is 0 Å². The molecule has 2 rings (SSSR count). The monoisotopic (exact) mass is 362 g/mol. The fraction of sp³-hybridized carbons (Fsp3) is 0.294. The molecule has 0 bridgehead atoms. The molecular weight excluding hydrogens is 344 g/mol. The summed E-state index contributed by atoms with van der Waals surface area (Å²) in [6, 6.07) is 11.8. The number of hydrogen-bond donors (Lipinski definition) is 1. The highest BCUT2D eigenvalue weighted by molar-refractivity contribution is 9.10. The van der Waals surface area contributed by atoms with E-state index in [2.05, 4.69) is 33.4 Å². The van der Waals surface area contributed by atoms with Crippen molar-refractivity contribution in [2.24, 2.45) is 5.10 Å². The van der Waals surface area contributed by atoms with Gasteiger partial charge in [-0.2, -0.15) is 5.10 Å². The summed E-state index contributed by atoms with van der Waals surface area (Å²) in [5.41, 5.74) is 3.41. The number of hydrogen-bond acceptors (Lipinski definition) is 3. The van der Waals surface area contributed by atoms with Crippen LogP contribution in [-0.2, 0) is 4.79 Å². The highest BCUT2D eigenvalue weighted by atomic mass is 79.9. The minimum atomic E-state index is -0.268. The van der Waals surface area contributed by atoms with Gasteiger partial charge in [-0.05, 0) is 46.1 Å². The Morgan fingerprint density at radius 2 is 2.05 bits per heavy atom. The average Bonchev–Trinajstić information content (AvgIpc) is 2.53. The lowest BCUT2D eigenvalue weighted by Gasteiger charge is -2.09. The summed E-state index contributed by atoms with van der Waals surface area (Å²) < 4.78 is 6.42. The molecule has 2 aromatic rings. The molecule has 0 aliphatic heterocycles. The summed E-state index contributed by atoms with van der Waals surface area (Å²) in [4.78, 5) is 11.7. The molecule has 0 spiro atoms. The first-order chi connectivity index (χ1) is 10.6. The Balaban J connectivity index is 1.98. The number of hydrazone groups is 1. The van der Waals surface area contributed by atoms with Crippen molar-refractivity contribution >= 4 is 38.3 Å². The highest BCUT2D eigenvalue weighted by Gasteiger charge is 2.08. The van der Waals surface area contributed by atoms with Gasteiger partial charge in [-0.15, -0.1) is 0 Å². The summed E-state index contributed by atoms with van der Waals surface area (Å²) in [7, 11) is 0. The Morgan fingerprint density at radius 3 is 2.82 bits per heavy atom. The van der Waals surface area contributed by atoms with Crippen molar-refractivity contribution in [3.05, 3.63) is 40.9 Å². The largest absolute Gasteiger partial charge is 0.483 e. The lowest BCUT2D eigenvalue weighted by Crippen LogP contribution is -2.25. The number of fused-ring (bicyclic) bond motifs is 1. The molecule has 0 aromatic heterocycles. The van der Waals surface area contributed by atoms with Crippen LogP contribution in [0.15, 0.2) is 46.0 Å². The van der Waals surface area contributed by atoms with E-state index in [9.17, 15) is 4.79 Å². The van der Waals surface area contributed by atoms with Gasteiger partial charge >= 0.3 is 0 Å². The maximum Gasteiger partial charge on any atom is 0.277 e. The number of carbonyl (C=O) groups is 1. The van der Waals surface area contributed by atoms with Crippen LogP contribution in [0, 0.1) is 0 Å². The maximum absolute atomic E-state index is 11.7. The zero-order valence-electron chi connectivity index (χ0n) is 12.7. The molecule has 0 aliphatic rings. The second-order valence-corrected chi connectivity index (χ2v) is 5.81. The van der Waals surface area contributed by atoms with Gasteiger partial charge in [-0.1, -0.05) is 43.7 Å². The van der Waals surface area contributed by atoms with Crippen molar-refractivity contribution in [3.8, 4) is 5.75 Å². The molecule has 0 saturated heterocycles. The van der Waals surface area contributed by atoms with Crippen LogP contribution in [-0.4, -0.2) is 18.2 Å². The molecule has 0 atom stereocenters. The molecule has 1 amide bonds. The number of carbonyl (C=O) groups excluding carboxylic acids is 1. The van der Waals surface area contributed by atoms with E-state index in [0.717, 1.165) is 33.8 Å². The molecule has 0 unspecified atom stereocenters. The zero-order valence-corrected chi connectivity index (χ0v) is 14.3. The number of amides is 1. The Morgan fingerprint density at radius 1 is 1.27 bits per heavy atom. The predicted octanol–water partition coefficient (Wildman–Crippen LogP) is 4.27. The third-order valence-electron chi connectivity index (χ3n) is 3.17. The first kappa shape index (κ1) is 16.5. The van der Waals surface area contributed by atoms with E-state index >= 15 is 0 Å². The van der Waals surface area contributed by atoms with Gasteiger partial charge in [0.05, 0.1) is 4.47 Å². The van der Waals surface area contributed by atoms with Gasteiger partial charge in [0.25, 0.3) is 5.91 Å². The zero-order chi connectivity index (χ0) is 15.9. The average molecular weight is 363 g/mol. The van der Waals surface area contributed by atoms with Gasteiger partial charge < -0.3 is 4.74 Å². The van der Waals surface area contributed by atoms with E-state index in [1.807, 2.05) is 43.3 Å². The fourth-order valence-corrected chi connectivity index (χ4v) is 2.68. The van der Waals surface area contributed by atoms with Crippen LogP contribution in [0.2, 0.25) is 0 Å². The van der Waals surface area contributed by atoms with Gasteiger partial charge in [0.15, 0.2) is 6.61 Å². The summed E-state index contributed by atoms with van der Waals surface area (Å²) in [6.07, 6.45) is 1.88. The number of halogens is 1. The third-order valence-corrected chi connectivity index (χ3v) is 3.99. The van der Waals surface area contributed by atoms with Crippen LogP contribution in [0.3, 0.4) is 0 Å². The predicted molar refractivity (Wildman–Crippen MR) is 93.3 cm³/mol. The smallest absolute Gasteiger partial charge is 0.277 e. The van der Waals surface area contributed by atoms with Crippen molar-refractivity contribution in [2.45, 2.75) is 26.7 Å². The van der Waals surface area contributed by atoms with Gasteiger partial charge in [-0.3, -0.25) is 4.79 Å². The van der Waals surface area contributed by atoms with Gasteiger partial charge in [0.2, 0.25) is 0 Å². The fourth-order valence-electron chi connectivity index (χ4n) is 2.08. The number of nitrogens with one attached hydrogen (secondary N) is 1. The molecule has 0 fully saturated rings. The van der Waals surface area contributed by atoms with Crippen LogP contribution in [0.1, 0.15) is 26.7 Å². The minimum absolute atomic E-state index is 0.0696. The molecule has 0 saturated carbocycles. The molecule has 0 aliphatic carbocycles. The molecule has 5 heteroatoms. The Kier molecular flexibility index (Phi) is 5.95. The van der Waals surface area contributed by atoms with Crippen molar-refractivity contribution in [1.82, 2.24) is 5.43 Å². The SMILES string of the molecule is CCC/C(C)=N/NC(=O)COc1ccc2ccccc2c1Br. The normalized spacial score (nSPS) is 11.5. The van der Waals surface area contributed by atoms with E-state index in [-0.39, 0.29) is 12.5 Å². The Hall–Kier alpha value is -1.88. The van der Waals surface area contributed by atoms with Gasteiger partial charge in [0, 0.05) is 5.71 Å².